The lowest BCUT2D eigenvalue weighted by Gasteiger charge is -2.07. The van der Waals surface area contributed by atoms with Crippen LogP contribution in [0.3, 0.4) is 0 Å². The normalized spacial score (nSPS) is 10.2. The van der Waals surface area contributed by atoms with Gasteiger partial charge in [0.1, 0.15) is 10.4 Å². The predicted octanol–water partition coefficient (Wildman–Crippen LogP) is 4.00. The predicted molar refractivity (Wildman–Crippen MR) is 74.0 cm³/mol. The second kappa shape index (κ2) is 5.58. The monoisotopic (exact) mass is 372 g/mol. The Morgan fingerprint density at radius 3 is 2.72 bits per heavy atom. The first kappa shape index (κ1) is 13.2. The van der Waals surface area contributed by atoms with Crippen molar-refractivity contribution in [3.8, 4) is 0 Å². The standard InChI is InChI=1S/C12H7Br2FN2O/c13-8-4-7(5-9(15)6-8)12(18)17-10-2-1-3-16-11(10)14/h1-6H,(H,17,18). The molecule has 0 radical (unpaired) electrons. The van der Waals surface area contributed by atoms with Crippen LogP contribution in [0.5, 0.6) is 0 Å². The van der Waals surface area contributed by atoms with Crippen molar-refractivity contribution in [1.29, 1.82) is 0 Å². The molecule has 1 amide bonds. The van der Waals surface area contributed by atoms with E-state index in [4.69, 9.17) is 0 Å². The number of halogens is 3. The zero-order valence-corrected chi connectivity index (χ0v) is 12.1. The highest BCUT2D eigenvalue weighted by Gasteiger charge is 2.10. The first-order valence-electron chi connectivity index (χ1n) is 4.94. The van der Waals surface area contributed by atoms with Crippen LogP contribution in [-0.4, -0.2) is 10.9 Å². The number of nitrogens with zero attached hydrogens (tertiary/aromatic N) is 1. The van der Waals surface area contributed by atoms with E-state index in [0.717, 1.165) is 0 Å². The van der Waals surface area contributed by atoms with Gasteiger partial charge in [-0.2, -0.15) is 0 Å². The van der Waals surface area contributed by atoms with Gasteiger partial charge in [-0.3, -0.25) is 4.79 Å². The topological polar surface area (TPSA) is 42.0 Å². The Morgan fingerprint density at radius 2 is 2.06 bits per heavy atom. The third kappa shape index (κ3) is 3.14. The number of amides is 1. The van der Waals surface area contributed by atoms with Gasteiger partial charge in [-0.05, 0) is 46.3 Å². The molecular formula is C12H7Br2FN2O. The molecule has 92 valence electrons. The minimum Gasteiger partial charge on any atom is -0.320 e. The van der Waals surface area contributed by atoms with Crippen LogP contribution in [0.2, 0.25) is 0 Å². The molecule has 0 spiro atoms. The summed E-state index contributed by atoms with van der Waals surface area (Å²) in [6.45, 7) is 0. The number of hydrogen-bond donors (Lipinski definition) is 1. The fraction of sp³-hybridized carbons (Fsp3) is 0. The van der Waals surface area contributed by atoms with Gasteiger partial charge in [0, 0.05) is 16.2 Å². The summed E-state index contributed by atoms with van der Waals surface area (Å²) in [5, 5.41) is 2.65. The number of aromatic nitrogens is 1. The number of benzene rings is 1. The minimum absolute atomic E-state index is 0.234. The lowest BCUT2D eigenvalue weighted by Crippen LogP contribution is -2.12. The molecule has 3 nitrogen and oxygen atoms in total. The van der Waals surface area contributed by atoms with Crippen LogP contribution < -0.4 is 5.32 Å². The van der Waals surface area contributed by atoms with Crippen LogP contribution in [0.1, 0.15) is 10.4 Å². The first-order chi connectivity index (χ1) is 8.56. The van der Waals surface area contributed by atoms with E-state index in [9.17, 15) is 9.18 Å². The van der Waals surface area contributed by atoms with Gasteiger partial charge in [-0.1, -0.05) is 15.9 Å². The molecule has 6 heteroatoms. The highest BCUT2D eigenvalue weighted by atomic mass is 79.9. The Labute approximate surface area is 120 Å². The van der Waals surface area contributed by atoms with Crippen LogP contribution in [-0.2, 0) is 0 Å². The van der Waals surface area contributed by atoms with Gasteiger partial charge in [0.25, 0.3) is 5.91 Å². The second-order valence-electron chi connectivity index (χ2n) is 3.45. The lowest BCUT2D eigenvalue weighted by molar-refractivity contribution is 0.102. The summed E-state index contributed by atoms with van der Waals surface area (Å²) in [5.74, 6) is -0.872. The maximum absolute atomic E-state index is 13.2. The largest absolute Gasteiger partial charge is 0.320 e. The van der Waals surface area contributed by atoms with E-state index >= 15 is 0 Å². The lowest BCUT2D eigenvalue weighted by atomic mass is 10.2. The van der Waals surface area contributed by atoms with Gasteiger partial charge < -0.3 is 5.32 Å². The Kier molecular flexibility index (Phi) is 4.08. The number of carbonyl (C=O) groups is 1. The van der Waals surface area contributed by atoms with Gasteiger partial charge in [-0.15, -0.1) is 0 Å². The highest BCUT2D eigenvalue weighted by Crippen LogP contribution is 2.20. The molecule has 0 aliphatic rings. The van der Waals surface area contributed by atoms with Crippen LogP contribution in [0, 0.1) is 5.82 Å². The highest BCUT2D eigenvalue weighted by molar-refractivity contribution is 9.10. The summed E-state index contributed by atoms with van der Waals surface area (Å²) in [6, 6.07) is 7.40. The van der Waals surface area contributed by atoms with E-state index in [1.54, 1.807) is 24.4 Å². The molecule has 2 aromatic rings. The van der Waals surface area contributed by atoms with E-state index < -0.39 is 11.7 Å². The molecule has 1 N–H and O–H groups in total. The van der Waals surface area contributed by atoms with Gasteiger partial charge in [-0.25, -0.2) is 9.37 Å². The average molecular weight is 374 g/mol. The molecule has 0 aliphatic carbocycles. The van der Waals surface area contributed by atoms with Crippen LogP contribution in [0.4, 0.5) is 10.1 Å². The molecule has 0 saturated carbocycles. The van der Waals surface area contributed by atoms with Gasteiger partial charge in [0.2, 0.25) is 0 Å². The molecule has 0 bridgehead atoms. The average Bonchev–Trinajstić information content (AvgIpc) is 2.31. The van der Waals surface area contributed by atoms with E-state index in [0.29, 0.717) is 14.8 Å². The van der Waals surface area contributed by atoms with E-state index in [2.05, 4.69) is 42.2 Å². The number of carbonyl (C=O) groups excluding carboxylic acids is 1. The number of rotatable bonds is 2. The van der Waals surface area contributed by atoms with Crippen LogP contribution in [0.15, 0.2) is 45.6 Å². The van der Waals surface area contributed by atoms with Gasteiger partial charge in [0.15, 0.2) is 0 Å². The van der Waals surface area contributed by atoms with E-state index in [1.165, 1.54) is 12.1 Å². The zero-order chi connectivity index (χ0) is 13.1. The molecule has 0 unspecified atom stereocenters. The maximum Gasteiger partial charge on any atom is 0.255 e. The van der Waals surface area contributed by atoms with Crippen molar-refractivity contribution < 1.29 is 9.18 Å². The summed E-state index contributed by atoms with van der Waals surface area (Å²) in [6.07, 6.45) is 1.60. The van der Waals surface area contributed by atoms with Crippen molar-refractivity contribution in [2.24, 2.45) is 0 Å². The first-order valence-corrected chi connectivity index (χ1v) is 6.53. The van der Waals surface area contributed by atoms with E-state index in [1.807, 2.05) is 0 Å². The Bertz CT molecular complexity index is 584. The summed E-state index contributed by atoms with van der Waals surface area (Å²) in [4.78, 5) is 15.9. The van der Waals surface area contributed by atoms with Gasteiger partial charge >= 0.3 is 0 Å². The summed E-state index contributed by atoms with van der Waals surface area (Å²) in [7, 11) is 0. The zero-order valence-electron chi connectivity index (χ0n) is 8.95. The van der Waals surface area contributed by atoms with Crippen molar-refractivity contribution in [3.05, 3.63) is 57.0 Å². The number of hydrogen-bond acceptors (Lipinski definition) is 2. The third-order valence-corrected chi connectivity index (χ3v) is 3.22. The van der Waals surface area contributed by atoms with Crippen molar-refractivity contribution >= 4 is 43.5 Å². The minimum atomic E-state index is -0.472. The maximum atomic E-state index is 13.2. The molecule has 1 heterocycles. The second-order valence-corrected chi connectivity index (χ2v) is 5.12. The van der Waals surface area contributed by atoms with Crippen molar-refractivity contribution in [3.63, 3.8) is 0 Å². The Hall–Kier alpha value is -1.27. The number of anilines is 1. The Balaban J connectivity index is 2.25. The van der Waals surface area contributed by atoms with Crippen molar-refractivity contribution in [1.82, 2.24) is 4.98 Å². The number of nitrogens with one attached hydrogen (secondary N) is 1. The molecule has 0 fully saturated rings. The molecule has 18 heavy (non-hydrogen) atoms. The quantitative estimate of drug-likeness (QED) is 0.808. The van der Waals surface area contributed by atoms with Crippen molar-refractivity contribution in [2.75, 3.05) is 5.32 Å². The molecule has 1 aromatic heterocycles. The van der Waals surface area contributed by atoms with Gasteiger partial charge in [0.05, 0.1) is 5.69 Å². The molecule has 2 rings (SSSR count). The SMILES string of the molecule is O=C(Nc1cccnc1Br)c1cc(F)cc(Br)c1. The molecule has 0 aliphatic heterocycles. The molecule has 0 atom stereocenters. The fourth-order valence-corrected chi connectivity index (χ4v) is 2.17. The summed E-state index contributed by atoms with van der Waals surface area (Å²) >= 11 is 6.36. The summed E-state index contributed by atoms with van der Waals surface area (Å²) < 4.78 is 14.2. The Morgan fingerprint density at radius 1 is 1.28 bits per heavy atom. The molecular weight excluding hydrogens is 367 g/mol. The van der Waals surface area contributed by atoms with Crippen molar-refractivity contribution in [2.45, 2.75) is 0 Å². The number of pyridine rings is 1. The van der Waals surface area contributed by atoms with Crippen LogP contribution in [0.25, 0.3) is 0 Å². The van der Waals surface area contributed by atoms with E-state index in [-0.39, 0.29) is 5.56 Å². The summed E-state index contributed by atoms with van der Waals surface area (Å²) in [5.41, 5.74) is 0.764. The third-order valence-electron chi connectivity index (χ3n) is 2.13. The molecule has 1 aromatic carbocycles. The van der Waals surface area contributed by atoms with Crippen LogP contribution >= 0.6 is 31.9 Å². The molecule has 0 saturated heterocycles. The smallest absolute Gasteiger partial charge is 0.255 e. The fourth-order valence-electron chi connectivity index (χ4n) is 1.36.